The Labute approximate surface area is 113 Å². The van der Waals surface area contributed by atoms with Crippen LogP contribution >= 0.6 is 0 Å². The Balaban J connectivity index is 1.93. The lowest BCUT2D eigenvalue weighted by atomic mass is 10.1. The summed E-state index contributed by atoms with van der Waals surface area (Å²) in [6, 6.07) is 13.7. The van der Waals surface area contributed by atoms with Crippen molar-refractivity contribution >= 4 is 0 Å². The number of hydrogen-bond acceptors (Lipinski definition) is 3. The Bertz CT molecular complexity index is 535. The maximum absolute atomic E-state index is 9.77. The molecule has 2 N–H and O–H groups in total. The number of rotatable bonds is 5. The van der Waals surface area contributed by atoms with Crippen LogP contribution in [0.15, 0.2) is 42.5 Å². The third-order valence-electron chi connectivity index (χ3n) is 3.05. The molecule has 19 heavy (non-hydrogen) atoms. The zero-order valence-electron chi connectivity index (χ0n) is 11.3. The van der Waals surface area contributed by atoms with E-state index < -0.39 is 0 Å². The Kier molecular flexibility index (Phi) is 4.42. The van der Waals surface area contributed by atoms with Gasteiger partial charge in [-0.25, -0.2) is 0 Å². The van der Waals surface area contributed by atoms with Gasteiger partial charge in [-0.05, 0) is 30.7 Å². The molecule has 0 aliphatic carbocycles. The highest BCUT2D eigenvalue weighted by molar-refractivity contribution is 5.39. The number of phenolic OH excluding ortho intramolecular Hbond substituents is 1. The SMILES string of the molecule is COc1ccc(O)c(CNCc2ccc(C)cc2)c1. The van der Waals surface area contributed by atoms with E-state index in [9.17, 15) is 5.11 Å². The molecule has 0 fully saturated rings. The van der Waals surface area contributed by atoms with E-state index in [1.54, 1.807) is 19.2 Å². The summed E-state index contributed by atoms with van der Waals surface area (Å²) in [7, 11) is 1.62. The third-order valence-corrected chi connectivity index (χ3v) is 3.05. The molecule has 0 amide bonds. The van der Waals surface area contributed by atoms with Crippen molar-refractivity contribution in [3.63, 3.8) is 0 Å². The fourth-order valence-electron chi connectivity index (χ4n) is 1.88. The van der Waals surface area contributed by atoms with E-state index in [0.29, 0.717) is 6.54 Å². The minimum atomic E-state index is 0.289. The highest BCUT2D eigenvalue weighted by atomic mass is 16.5. The topological polar surface area (TPSA) is 41.5 Å². The number of ether oxygens (including phenoxy) is 1. The standard InChI is InChI=1S/C16H19NO2/c1-12-3-5-13(6-4-12)10-17-11-14-9-15(19-2)7-8-16(14)18/h3-9,17-18H,10-11H2,1-2H3. The molecular formula is C16H19NO2. The second-order valence-electron chi connectivity index (χ2n) is 4.58. The number of methoxy groups -OCH3 is 1. The van der Waals surface area contributed by atoms with Gasteiger partial charge in [0.15, 0.2) is 0 Å². The summed E-state index contributed by atoms with van der Waals surface area (Å²) in [4.78, 5) is 0. The van der Waals surface area contributed by atoms with Gasteiger partial charge >= 0.3 is 0 Å². The van der Waals surface area contributed by atoms with Crippen LogP contribution in [-0.4, -0.2) is 12.2 Å². The van der Waals surface area contributed by atoms with Gasteiger partial charge in [0.05, 0.1) is 7.11 Å². The van der Waals surface area contributed by atoms with Gasteiger partial charge in [-0.3, -0.25) is 0 Å². The maximum atomic E-state index is 9.77. The molecule has 0 aliphatic heterocycles. The summed E-state index contributed by atoms with van der Waals surface area (Å²) in [6.45, 7) is 3.46. The monoisotopic (exact) mass is 257 g/mol. The fraction of sp³-hybridized carbons (Fsp3) is 0.250. The Morgan fingerprint density at radius 2 is 1.79 bits per heavy atom. The number of hydrogen-bond donors (Lipinski definition) is 2. The molecule has 100 valence electrons. The van der Waals surface area contributed by atoms with E-state index in [-0.39, 0.29) is 5.75 Å². The van der Waals surface area contributed by atoms with Crippen molar-refractivity contribution in [3.05, 3.63) is 59.2 Å². The van der Waals surface area contributed by atoms with E-state index in [1.165, 1.54) is 11.1 Å². The lowest BCUT2D eigenvalue weighted by Gasteiger charge is -2.09. The quantitative estimate of drug-likeness (QED) is 0.865. The molecule has 2 aromatic carbocycles. The van der Waals surface area contributed by atoms with Crippen LogP contribution in [0, 0.1) is 6.92 Å². The van der Waals surface area contributed by atoms with E-state index in [0.717, 1.165) is 17.9 Å². The van der Waals surface area contributed by atoms with Crippen LogP contribution in [0.25, 0.3) is 0 Å². The summed E-state index contributed by atoms with van der Waals surface area (Å²) in [6.07, 6.45) is 0. The molecule has 0 unspecified atom stereocenters. The second kappa shape index (κ2) is 6.25. The summed E-state index contributed by atoms with van der Waals surface area (Å²) >= 11 is 0. The van der Waals surface area contributed by atoms with Crippen LogP contribution in [-0.2, 0) is 13.1 Å². The average molecular weight is 257 g/mol. The maximum Gasteiger partial charge on any atom is 0.120 e. The van der Waals surface area contributed by atoms with Gasteiger partial charge in [0.25, 0.3) is 0 Å². The number of aryl methyl sites for hydroxylation is 1. The Hall–Kier alpha value is -2.00. The summed E-state index contributed by atoms with van der Waals surface area (Å²) in [5, 5.41) is 13.1. The first kappa shape index (κ1) is 13.4. The summed E-state index contributed by atoms with van der Waals surface area (Å²) < 4.78 is 5.15. The zero-order chi connectivity index (χ0) is 13.7. The summed E-state index contributed by atoms with van der Waals surface area (Å²) in [5.74, 6) is 1.04. The molecular weight excluding hydrogens is 238 g/mol. The minimum Gasteiger partial charge on any atom is -0.508 e. The van der Waals surface area contributed by atoms with Crippen molar-refractivity contribution in [3.8, 4) is 11.5 Å². The van der Waals surface area contributed by atoms with Crippen LogP contribution in [0.2, 0.25) is 0 Å². The molecule has 2 rings (SSSR count). The number of nitrogens with one attached hydrogen (secondary N) is 1. The molecule has 3 nitrogen and oxygen atoms in total. The molecule has 0 saturated carbocycles. The van der Waals surface area contributed by atoms with Crippen LogP contribution < -0.4 is 10.1 Å². The predicted molar refractivity (Wildman–Crippen MR) is 76.4 cm³/mol. The largest absolute Gasteiger partial charge is 0.508 e. The minimum absolute atomic E-state index is 0.289. The number of phenols is 1. The molecule has 0 spiro atoms. The first-order chi connectivity index (χ1) is 9.19. The average Bonchev–Trinajstić information content (AvgIpc) is 2.43. The highest BCUT2D eigenvalue weighted by Crippen LogP contribution is 2.22. The van der Waals surface area contributed by atoms with Crippen LogP contribution in [0.5, 0.6) is 11.5 Å². The molecule has 2 aromatic rings. The highest BCUT2D eigenvalue weighted by Gasteiger charge is 2.03. The van der Waals surface area contributed by atoms with Crippen molar-refractivity contribution in [1.29, 1.82) is 0 Å². The Morgan fingerprint density at radius 1 is 1.05 bits per heavy atom. The van der Waals surface area contributed by atoms with E-state index in [4.69, 9.17) is 4.74 Å². The molecule has 0 radical (unpaired) electrons. The first-order valence-corrected chi connectivity index (χ1v) is 6.31. The zero-order valence-corrected chi connectivity index (χ0v) is 11.3. The van der Waals surface area contributed by atoms with Gasteiger partial charge in [0, 0.05) is 18.7 Å². The van der Waals surface area contributed by atoms with Gasteiger partial charge in [-0.1, -0.05) is 29.8 Å². The Morgan fingerprint density at radius 3 is 2.47 bits per heavy atom. The fourth-order valence-corrected chi connectivity index (χ4v) is 1.88. The van der Waals surface area contributed by atoms with E-state index >= 15 is 0 Å². The normalized spacial score (nSPS) is 10.4. The van der Waals surface area contributed by atoms with Crippen molar-refractivity contribution < 1.29 is 9.84 Å². The van der Waals surface area contributed by atoms with Gasteiger partial charge in [-0.15, -0.1) is 0 Å². The van der Waals surface area contributed by atoms with Crippen molar-refractivity contribution in [1.82, 2.24) is 5.32 Å². The van der Waals surface area contributed by atoms with E-state index in [1.807, 2.05) is 6.07 Å². The first-order valence-electron chi connectivity index (χ1n) is 6.31. The summed E-state index contributed by atoms with van der Waals surface area (Å²) in [5.41, 5.74) is 3.33. The smallest absolute Gasteiger partial charge is 0.120 e. The molecule has 0 heterocycles. The molecule has 3 heteroatoms. The van der Waals surface area contributed by atoms with Crippen LogP contribution in [0.1, 0.15) is 16.7 Å². The lowest BCUT2D eigenvalue weighted by molar-refractivity contribution is 0.410. The van der Waals surface area contributed by atoms with Crippen molar-refractivity contribution in [2.75, 3.05) is 7.11 Å². The second-order valence-corrected chi connectivity index (χ2v) is 4.58. The molecule has 0 aliphatic rings. The molecule has 0 bridgehead atoms. The van der Waals surface area contributed by atoms with Crippen LogP contribution in [0.4, 0.5) is 0 Å². The van der Waals surface area contributed by atoms with Gasteiger partial charge < -0.3 is 15.2 Å². The number of benzene rings is 2. The van der Waals surface area contributed by atoms with Gasteiger partial charge in [0.1, 0.15) is 11.5 Å². The predicted octanol–water partition coefficient (Wildman–Crippen LogP) is 3.00. The third kappa shape index (κ3) is 3.73. The van der Waals surface area contributed by atoms with Gasteiger partial charge in [-0.2, -0.15) is 0 Å². The van der Waals surface area contributed by atoms with E-state index in [2.05, 4.69) is 36.5 Å². The number of aromatic hydroxyl groups is 1. The molecule has 0 saturated heterocycles. The van der Waals surface area contributed by atoms with Crippen molar-refractivity contribution in [2.24, 2.45) is 0 Å². The van der Waals surface area contributed by atoms with Crippen molar-refractivity contribution in [2.45, 2.75) is 20.0 Å². The van der Waals surface area contributed by atoms with Crippen LogP contribution in [0.3, 0.4) is 0 Å². The molecule has 0 atom stereocenters. The molecule has 0 aromatic heterocycles. The van der Waals surface area contributed by atoms with Gasteiger partial charge in [0.2, 0.25) is 0 Å². The lowest BCUT2D eigenvalue weighted by Crippen LogP contribution is -2.12.